The van der Waals surface area contributed by atoms with Crippen molar-refractivity contribution in [2.24, 2.45) is 0 Å². The summed E-state index contributed by atoms with van der Waals surface area (Å²) in [6, 6.07) is 12.1. The van der Waals surface area contributed by atoms with Crippen LogP contribution in [0.4, 0.5) is 0 Å². The first-order valence-electron chi connectivity index (χ1n) is 9.43. The van der Waals surface area contributed by atoms with Crippen molar-refractivity contribution >= 4 is 28.1 Å². The average Bonchev–Trinajstić information content (AvgIpc) is 3.20. The Morgan fingerprint density at radius 1 is 1.19 bits per heavy atom. The molecule has 0 atom stereocenters. The molecule has 4 rings (SSSR count). The van der Waals surface area contributed by atoms with Crippen molar-refractivity contribution in [2.45, 2.75) is 44.1 Å². The van der Waals surface area contributed by atoms with Gasteiger partial charge in [-0.1, -0.05) is 49.3 Å². The van der Waals surface area contributed by atoms with Crippen LogP contribution in [0.25, 0.3) is 10.9 Å². The summed E-state index contributed by atoms with van der Waals surface area (Å²) >= 11 is 1.62. The molecule has 1 saturated carbocycles. The number of para-hydroxylation sites is 1. The maximum absolute atomic E-state index is 12.6. The number of hydrogen-bond acceptors (Lipinski definition) is 3. The highest BCUT2D eigenvalue weighted by molar-refractivity contribution is 7.08. The van der Waals surface area contributed by atoms with E-state index in [1.807, 2.05) is 47.3 Å². The third-order valence-corrected chi connectivity index (χ3v) is 5.80. The lowest BCUT2D eigenvalue weighted by Crippen LogP contribution is -2.49. The molecule has 0 saturated heterocycles. The van der Waals surface area contributed by atoms with E-state index in [2.05, 4.69) is 28.2 Å². The van der Waals surface area contributed by atoms with Crippen LogP contribution in [0.2, 0.25) is 0 Å². The van der Waals surface area contributed by atoms with Crippen LogP contribution in [-0.2, 0) is 11.2 Å². The SMILES string of the molecule is O=C(Cc1ccsc1)NC1(C#Cc2cnc3ccccc3c2)CCCCC1. The molecule has 0 unspecified atom stereocenters. The Bertz CT molecular complexity index is 992. The predicted molar refractivity (Wildman–Crippen MR) is 111 cm³/mol. The first-order valence-corrected chi connectivity index (χ1v) is 10.4. The first-order chi connectivity index (χ1) is 13.2. The molecule has 1 N–H and O–H groups in total. The predicted octanol–water partition coefficient (Wildman–Crippen LogP) is 4.71. The second-order valence-corrected chi connectivity index (χ2v) is 7.95. The van der Waals surface area contributed by atoms with E-state index in [4.69, 9.17) is 0 Å². The molecule has 3 nitrogen and oxygen atoms in total. The topological polar surface area (TPSA) is 42.0 Å². The molecule has 1 fully saturated rings. The number of carbonyl (C=O) groups excluding carboxylic acids is 1. The Labute approximate surface area is 163 Å². The Morgan fingerprint density at radius 2 is 2.04 bits per heavy atom. The molecule has 1 amide bonds. The molecule has 3 aromatic rings. The molecular formula is C23H22N2OS. The maximum Gasteiger partial charge on any atom is 0.225 e. The van der Waals surface area contributed by atoms with Gasteiger partial charge in [-0.15, -0.1) is 0 Å². The molecule has 27 heavy (non-hydrogen) atoms. The molecule has 0 spiro atoms. The number of pyridine rings is 1. The highest BCUT2D eigenvalue weighted by Gasteiger charge is 2.31. The van der Waals surface area contributed by atoms with Gasteiger partial charge in [-0.25, -0.2) is 0 Å². The van der Waals surface area contributed by atoms with Crippen molar-refractivity contribution in [1.29, 1.82) is 0 Å². The van der Waals surface area contributed by atoms with E-state index in [0.29, 0.717) is 6.42 Å². The van der Waals surface area contributed by atoms with E-state index < -0.39 is 5.54 Å². The highest BCUT2D eigenvalue weighted by atomic mass is 32.1. The fourth-order valence-electron chi connectivity index (χ4n) is 3.66. The first kappa shape index (κ1) is 17.8. The standard InChI is InChI=1S/C23H22N2OS/c26-22(15-19-9-13-27-17-19)25-23(10-4-1-5-11-23)12-8-18-14-20-6-2-3-7-21(20)24-16-18/h2-3,6-7,9,13-14,16-17H,1,4-5,10-11,15H2,(H,25,26). The number of hydrogen-bond donors (Lipinski definition) is 1. The van der Waals surface area contributed by atoms with Crippen LogP contribution in [0.5, 0.6) is 0 Å². The number of thiophene rings is 1. The van der Waals surface area contributed by atoms with Crippen molar-refractivity contribution in [3.8, 4) is 11.8 Å². The van der Waals surface area contributed by atoms with Gasteiger partial charge in [0.15, 0.2) is 0 Å². The van der Waals surface area contributed by atoms with Crippen LogP contribution in [0.1, 0.15) is 43.2 Å². The minimum absolute atomic E-state index is 0.0567. The summed E-state index contributed by atoms with van der Waals surface area (Å²) in [6.45, 7) is 0. The van der Waals surface area contributed by atoms with E-state index in [1.54, 1.807) is 11.3 Å². The van der Waals surface area contributed by atoms with Gasteiger partial charge in [0.2, 0.25) is 5.91 Å². The Kier molecular flexibility index (Phi) is 5.22. The van der Waals surface area contributed by atoms with Crippen molar-refractivity contribution in [1.82, 2.24) is 10.3 Å². The van der Waals surface area contributed by atoms with E-state index >= 15 is 0 Å². The van der Waals surface area contributed by atoms with Crippen molar-refractivity contribution in [2.75, 3.05) is 0 Å². The van der Waals surface area contributed by atoms with Crippen LogP contribution < -0.4 is 5.32 Å². The van der Waals surface area contributed by atoms with Crippen LogP contribution in [0, 0.1) is 11.8 Å². The lowest BCUT2D eigenvalue weighted by atomic mass is 9.81. The third kappa shape index (κ3) is 4.37. The van der Waals surface area contributed by atoms with E-state index in [0.717, 1.165) is 47.7 Å². The highest BCUT2D eigenvalue weighted by Crippen LogP contribution is 2.28. The zero-order valence-electron chi connectivity index (χ0n) is 15.2. The largest absolute Gasteiger partial charge is 0.339 e. The van der Waals surface area contributed by atoms with Gasteiger partial charge in [0.05, 0.1) is 11.9 Å². The minimum atomic E-state index is -0.420. The van der Waals surface area contributed by atoms with E-state index in [-0.39, 0.29) is 5.91 Å². The van der Waals surface area contributed by atoms with E-state index in [1.165, 1.54) is 6.42 Å². The summed E-state index contributed by atoms with van der Waals surface area (Å²) in [5.41, 5.74) is 2.51. The van der Waals surface area contributed by atoms with Crippen LogP contribution in [0.3, 0.4) is 0 Å². The maximum atomic E-state index is 12.6. The smallest absolute Gasteiger partial charge is 0.225 e. The number of fused-ring (bicyclic) bond motifs is 1. The summed E-state index contributed by atoms with van der Waals surface area (Å²) in [7, 11) is 0. The molecule has 1 aliphatic carbocycles. The molecule has 0 radical (unpaired) electrons. The second kappa shape index (κ2) is 7.94. The lowest BCUT2D eigenvalue weighted by Gasteiger charge is -2.33. The summed E-state index contributed by atoms with van der Waals surface area (Å²) in [4.78, 5) is 17.1. The summed E-state index contributed by atoms with van der Waals surface area (Å²) in [5, 5.41) is 8.37. The second-order valence-electron chi connectivity index (χ2n) is 7.17. The third-order valence-electron chi connectivity index (χ3n) is 5.07. The Morgan fingerprint density at radius 3 is 2.85 bits per heavy atom. The van der Waals surface area contributed by atoms with Crippen molar-refractivity contribution < 1.29 is 4.79 Å². The normalized spacial score (nSPS) is 15.7. The zero-order valence-corrected chi connectivity index (χ0v) is 16.0. The van der Waals surface area contributed by atoms with Gasteiger partial charge in [0.1, 0.15) is 5.54 Å². The minimum Gasteiger partial charge on any atom is -0.339 e. The van der Waals surface area contributed by atoms with Gasteiger partial charge in [-0.2, -0.15) is 11.3 Å². The molecule has 1 aromatic carbocycles. The van der Waals surface area contributed by atoms with Gasteiger partial charge in [0, 0.05) is 17.1 Å². The van der Waals surface area contributed by atoms with Crippen molar-refractivity contribution in [3.05, 3.63) is 64.5 Å². The Hall–Kier alpha value is -2.64. The zero-order chi connectivity index (χ0) is 18.5. The van der Waals surface area contributed by atoms with Crippen LogP contribution >= 0.6 is 11.3 Å². The van der Waals surface area contributed by atoms with Gasteiger partial charge in [-0.3, -0.25) is 9.78 Å². The van der Waals surface area contributed by atoms with Crippen LogP contribution in [-0.4, -0.2) is 16.4 Å². The molecule has 2 heterocycles. The van der Waals surface area contributed by atoms with Gasteiger partial charge in [-0.05, 0) is 47.4 Å². The lowest BCUT2D eigenvalue weighted by molar-refractivity contribution is -0.122. The molecule has 1 aliphatic rings. The molecule has 136 valence electrons. The number of aromatic nitrogens is 1. The van der Waals surface area contributed by atoms with E-state index in [9.17, 15) is 4.79 Å². The Balaban J connectivity index is 1.56. The summed E-state index contributed by atoms with van der Waals surface area (Å²) < 4.78 is 0. The molecule has 4 heteroatoms. The van der Waals surface area contributed by atoms with Gasteiger partial charge in [0.25, 0.3) is 0 Å². The average molecular weight is 375 g/mol. The van der Waals surface area contributed by atoms with Gasteiger partial charge >= 0.3 is 0 Å². The summed E-state index contributed by atoms with van der Waals surface area (Å²) in [6.07, 6.45) is 7.48. The number of rotatable bonds is 3. The number of nitrogens with one attached hydrogen (secondary N) is 1. The summed E-state index contributed by atoms with van der Waals surface area (Å²) in [5.74, 6) is 6.75. The molecule has 0 aliphatic heterocycles. The molecule has 0 bridgehead atoms. The monoisotopic (exact) mass is 374 g/mol. The number of nitrogens with zero attached hydrogens (tertiary/aromatic N) is 1. The number of carbonyl (C=O) groups is 1. The van der Waals surface area contributed by atoms with Gasteiger partial charge < -0.3 is 5.32 Å². The fourth-order valence-corrected chi connectivity index (χ4v) is 4.33. The number of amides is 1. The fraction of sp³-hybridized carbons (Fsp3) is 0.304. The number of benzene rings is 1. The molecule has 2 aromatic heterocycles. The van der Waals surface area contributed by atoms with Crippen LogP contribution in [0.15, 0.2) is 53.4 Å². The van der Waals surface area contributed by atoms with Crippen molar-refractivity contribution in [3.63, 3.8) is 0 Å². The quantitative estimate of drug-likeness (QED) is 0.675. The molecular weight excluding hydrogens is 352 g/mol.